The number of carbonyl (C=O) groups is 1. The number of anilines is 1. The minimum atomic E-state index is -3.62. The van der Waals surface area contributed by atoms with Gasteiger partial charge in [-0.3, -0.25) is 8.98 Å². The summed E-state index contributed by atoms with van der Waals surface area (Å²) in [5.41, 5.74) is 0.599. The Morgan fingerprint density at radius 2 is 1.94 bits per heavy atom. The molecule has 1 aromatic rings. The molecule has 0 bridgehead atoms. The zero-order chi connectivity index (χ0) is 12.9. The van der Waals surface area contributed by atoms with Crippen molar-refractivity contribution in [3.8, 4) is 0 Å². The average Bonchev–Trinajstić information content (AvgIpc) is 2.30. The molecule has 0 saturated heterocycles. The summed E-state index contributed by atoms with van der Waals surface area (Å²) in [4.78, 5) is 11.6. The van der Waals surface area contributed by atoms with Gasteiger partial charge in [-0.1, -0.05) is 18.2 Å². The number of nitrogens with one attached hydrogen (secondary N) is 1. The number of hydrogen-bond donors (Lipinski definition) is 1. The lowest BCUT2D eigenvalue weighted by molar-refractivity contribution is -0.121. The molecule has 17 heavy (non-hydrogen) atoms. The summed E-state index contributed by atoms with van der Waals surface area (Å²) >= 11 is 0. The zero-order valence-electron chi connectivity index (χ0n) is 9.71. The van der Waals surface area contributed by atoms with Crippen LogP contribution in [0, 0.1) is 0 Å². The predicted octanol–water partition coefficient (Wildman–Crippen LogP) is 1.38. The standard InChI is InChI=1S/C11H15NO4S/c1-3-17(14,15)16-9(2)11(13)12-10-7-5-4-6-8-10/h4-9H,3H2,1-2H3,(H,12,13)/t9-/m0/s1. The maximum Gasteiger partial charge on any atom is 0.267 e. The minimum Gasteiger partial charge on any atom is -0.324 e. The molecule has 1 rings (SSSR count). The van der Waals surface area contributed by atoms with Crippen LogP contribution in [0.2, 0.25) is 0 Å². The first-order valence-corrected chi connectivity index (χ1v) is 6.79. The van der Waals surface area contributed by atoms with Gasteiger partial charge < -0.3 is 5.32 Å². The monoisotopic (exact) mass is 257 g/mol. The molecule has 0 saturated carbocycles. The number of para-hydroxylation sites is 1. The lowest BCUT2D eigenvalue weighted by Gasteiger charge is -2.12. The highest BCUT2D eigenvalue weighted by atomic mass is 32.2. The van der Waals surface area contributed by atoms with Crippen molar-refractivity contribution in [2.24, 2.45) is 0 Å². The largest absolute Gasteiger partial charge is 0.324 e. The van der Waals surface area contributed by atoms with Gasteiger partial charge >= 0.3 is 0 Å². The number of rotatable bonds is 5. The van der Waals surface area contributed by atoms with Gasteiger partial charge in [0.2, 0.25) is 0 Å². The van der Waals surface area contributed by atoms with E-state index in [1.165, 1.54) is 13.8 Å². The molecule has 1 atom stereocenters. The molecule has 5 nitrogen and oxygen atoms in total. The third-order valence-corrected chi connectivity index (χ3v) is 3.34. The van der Waals surface area contributed by atoms with Crippen molar-refractivity contribution in [1.82, 2.24) is 0 Å². The third-order valence-electron chi connectivity index (χ3n) is 2.06. The van der Waals surface area contributed by atoms with Gasteiger partial charge in [-0.05, 0) is 26.0 Å². The maximum absolute atomic E-state index is 11.6. The fourth-order valence-corrected chi connectivity index (χ4v) is 1.76. The van der Waals surface area contributed by atoms with Crippen LogP contribution in [0.5, 0.6) is 0 Å². The topological polar surface area (TPSA) is 72.5 Å². The van der Waals surface area contributed by atoms with Gasteiger partial charge in [0, 0.05) is 5.69 Å². The molecular weight excluding hydrogens is 242 g/mol. The summed E-state index contributed by atoms with van der Waals surface area (Å²) in [7, 11) is -3.62. The van der Waals surface area contributed by atoms with Gasteiger partial charge in [-0.2, -0.15) is 8.42 Å². The van der Waals surface area contributed by atoms with Crippen molar-refractivity contribution in [2.45, 2.75) is 20.0 Å². The third kappa shape index (κ3) is 4.54. The van der Waals surface area contributed by atoms with E-state index in [1.54, 1.807) is 24.3 Å². The first-order chi connectivity index (χ1) is 7.94. The smallest absolute Gasteiger partial charge is 0.267 e. The van der Waals surface area contributed by atoms with Crippen molar-refractivity contribution in [2.75, 3.05) is 11.1 Å². The molecule has 1 N–H and O–H groups in total. The summed E-state index contributed by atoms with van der Waals surface area (Å²) in [6, 6.07) is 8.77. The number of hydrogen-bond acceptors (Lipinski definition) is 4. The van der Waals surface area contributed by atoms with E-state index in [4.69, 9.17) is 0 Å². The fraction of sp³-hybridized carbons (Fsp3) is 0.364. The van der Waals surface area contributed by atoms with Crippen LogP contribution in [-0.4, -0.2) is 26.2 Å². The highest BCUT2D eigenvalue weighted by molar-refractivity contribution is 7.86. The molecule has 0 heterocycles. The Labute approximate surface area is 101 Å². The second-order valence-corrected chi connectivity index (χ2v) is 5.33. The maximum atomic E-state index is 11.6. The molecule has 0 aliphatic heterocycles. The summed E-state index contributed by atoms with van der Waals surface area (Å²) in [6.07, 6.45) is -1.04. The van der Waals surface area contributed by atoms with E-state index in [0.29, 0.717) is 5.69 Å². The summed E-state index contributed by atoms with van der Waals surface area (Å²) < 4.78 is 27.0. The SMILES string of the molecule is CCS(=O)(=O)O[C@@H](C)C(=O)Nc1ccccc1. The van der Waals surface area contributed by atoms with Gasteiger partial charge in [-0.15, -0.1) is 0 Å². The highest BCUT2D eigenvalue weighted by Crippen LogP contribution is 2.08. The van der Waals surface area contributed by atoms with E-state index in [0.717, 1.165) is 0 Å². The first kappa shape index (κ1) is 13.7. The quantitative estimate of drug-likeness (QED) is 0.809. The summed E-state index contributed by atoms with van der Waals surface area (Å²) in [6.45, 7) is 2.85. The Morgan fingerprint density at radius 3 is 2.47 bits per heavy atom. The zero-order valence-corrected chi connectivity index (χ0v) is 10.5. The average molecular weight is 257 g/mol. The van der Waals surface area contributed by atoms with Crippen molar-refractivity contribution in [1.29, 1.82) is 0 Å². The van der Waals surface area contributed by atoms with Crippen LogP contribution in [0.15, 0.2) is 30.3 Å². The molecule has 0 spiro atoms. The summed E-state index contributed by atoms with van der Waals surface area (Å²) in [5, 5.41) is 2.56. The molecule has 0 aliphatic rings. The first-order valence-electron chi connectivity index (χ1n) is 5.21. The molecule has 0 fully saturated rings. The molecule has 0 aliphatic carbocycles. The summed E-state index contributed by atoms with van der Waals surface area (Å²) in [5.74, 6) is -0.649. The van der Waals surface area contributed by atoms with Crippen LogP contribution < -0.4 is 5.32 Å². The molecule has 0 unspecified atom stereocenters. The second-order valence-electron chi connectivity index (χ2n) is 3.44. The molecule has 94 valence electrons. The Bertz CT molecular complexity index is 470. The Morgan fingerprint density at radius 1 is 1.35 bits per heavy atom. The second kappa shape index (κ2) is 5.79. The van der Waals surface area contributed by atoms with E-state index in [-0.39, 0.29) is 5.75 Å². The van der Waals surface area contributed by atoms with Crippen molar-refractivity contribution >= 4 is 21.7 Å². The van der Waals surface area contributed by atoms with Crippen molar-refractivity contribution in [3.63, 3.8) is 0 Å². The fourth-order valence-electron chi connectivity index (χ4n) is 1.10. The van der Waals surface area contributed by atoms with Gasteiger partial charge in [0.25, 0.3) is 16.0 Å². The van der Waals surface area contributed by atoms with Crippen LogP contribution in [-0.2, 0) is 19.1 Å². The molecule has 1 aromatic carbocycles. The van der Waals surface area contributed by atoms with Gasteiger partial charge in [-0.25, -0.2) is 0 Å². The van der Waals surface area contributed by atoms with E-state index >= 15 is 0 Å². The lowest BCUT2D eigenvalue weighted by atomic mass is 10.3. The number of amides is 1. The molecule has 6 heteroatoms. The van der Waals surface area contributed by atoms with E-state index in [2.05, 4.69) is 9.50 Å². The van der Waals surface area contributed by atoms with Gasteiger partial charge in [0.15, 0.2) is 6.10 Å². The normalized spacial score (nSPS) is 13.1. The van der Waals surface area contributed by atoms with Crippen molar-refractivity contribution < 1.29 is 17.4 Å². The Balaban J connectivity index is 2.60. The Hall–Kier alpha value is -1.40. The Kier molecular flexibility index (Phi) is 4.65. The van der Waals surface area contributed by atoms with E-state index in [1.807, 2.05) is 6.07 Å². The predicted molar refractivity (Wildman–Crippen MR) is 65.1 cm³/mol. The van der Waals surface area contributed by atoms with Gasteiger partial charge in [0.05, 0.1) is 5.75 Å². The van der Waals surface area contributed by atoms with Crippen LogP contribution in [0.25, 0.3) is 0 Å². The van der Waals surface area contributed by atoms with Crippen LogP contribution >= 0.6 is 0 Å². The molecule has 0 radical (unpaired) electrons. The van der Waals surface area contributed by atoms with E-state index < -0.39 is 22.1 Å². The molecule has 0 aromatic heterocycles. The van der Waals surface area contributed by atoms with Crippen LogP contribution in [0.3, 0.4) is 0 Å². The van der Waals surface area contributed by atoms with Gasteiger partial charge in [0.1, 0.15) is 0 Å². The lowest BCUT2D eigenvalue weighted by Crippen LogP contribution is -2.30. The molecular formula is C11H15NO4S. The van der Waals surface area contributed by atoms with Crippen LogP contribution in [0.1, 0.15) is 13.8 Å². The minimum absolute atomic E-state index is 0.157. The molecule has 1 amide bonds. The van der Waals surface area contributed by atoms with Crippen LogP contribution in [0.4, 0.5) is 5.69 Å². The van der Waals surface area contributed by atoms with Crippen molar-refractivity contribution in [3.05, 3.63) is 30.3 Å². The number of benzene rings is 1. The highest BCUT2D eigenvalue weighted by Gasteiger charge is 2.20. The number of carbonyl (C=O) groups excluding carboxylic acids is 1. The van der Waals surface area contributed by atoms with E-state index in [9.17, 15) is 13.2 Å².